The fourth-order valence-electron chi connectivity index (χ4n) is 3.50. The van der Waals surface area contributed by atoms with Crippen LogP contribution in [0.5, 0.6) is 0 Å². The molecule has 3 heterocycles. The van der Waals surface area contributed by atoms with E-state index in [0.29, 0.717) is 23.7 Å². The maximum atomic E-state index is 12.6. The first-order chi connectivity index (χ1) is 14.3. The topological polar surface area (TPSA) is 81.0 Å². The van der Waals surface area contributed by atoms with E-state index in [-0.39, 0.29) is 29.5 Å². The lowest BCUT2D eigenvalue weighted by Crippen LogP contribution is -2.31. The summed E-state index contributed by atoms with van der Waals surface area (Å²) in [4.78, 5) is 43.4. The Balaban J connectivity index is 1.47. The molecule has 1 aromatic carbocycles. The van der Waals surface area contributed by atoms with Crippen LogP contribution in [0.15, 0.2) is 42.7 Å². The predicted molar refractivity (Wildman–Crippen MR) is 110 cm³/mol. The second-order valence-electron chi connectivity index (χ2n) is 7.94. The Labute approximate surface area is 174 Å². The standard InChI is InChI=1S/C23H23N3O4/c1-14(2)8-10-26-21(27)18-7-6-16(11-19(18)22(26)28)23(29)30-13-17-12-25-9-4-5-15(3)20(25)24-17/h4-7,9,11-12,14H,8,10,13H2,1-3H3. The zero-order valence-electron chi connectivity index (χ0n) is 17.2. The third-order valence-electron chi connectivity index (χ3n) is 5.22. The van der Waals surface area contributed by atoms with Gasteiger partial charge in [-0.25, -0.2) is 9.78 Å². The summed E-state index contributed by atoms with van der Waals surface area (Å²) in [5.74, 6) is -0.854. The van der Waals surface area contributed by atoms with Gasteiger partial charge >= 0.3 is 5.97 Å². The number of pyridine rings is 1. The normalized spacial score (nSPS) is 13.4. The van der Waals surface area contributed by atoms with Crippen LogP contribution in [-0.2, 0) is 11.3 Å². The molecule has 2 amide bonds. The molecule has 0 fully saturated rings. The number of ether oxygens (including phenoxy) is 1. The first-order valence-electron chi connectivity index (χ1n) is 9.95. The van der Waals surface area contributed by atoms with Gasteiger partial charge in [-0.05, 0) is 49.1 Å². The molecule has 1 aliphatic heterocycles. The number of aromatic nitrogens is 2. The smallest absolute Gasteiger partial charge is 0.338 e. The molecule has 0 aliphatic carbocycles. The molecule has 7 nitrogen and oxygen atoms in total. The molecule has 0 unspecified atom stereocenters. The number of imidazole rings is 1. The van der Waals surface area contributed by atoms with Crippen molar-refractivity contribution in [2.24, 2.45) is 5.92 Å². The lowest BCUT2D eigenvalue weighted by Gasteiger charge is -2.14. The molecule has 0 atom stereocenters. The van der Waals surface area contributed by atoms with Crippen molar-refractivity contribution < 1.29 is 19.1 Å². The highest BCUT2D eigenvalue weighted by molar-refractivity contribution is 6.21. The number of aryl methyl sites for hydroxylation is 1. The van der Waals surface area contributed by atoms with Crippen LogP contribution in [0.2, 0.25) is 0 Å². The Morgan fingerprint density at radius 1 is 1.13 bits per heavy atom. The van der Waals surface area contributed by atoms with Crippen molar-refractivity contribution in [3.05, 3.63) is 70.7 Å². The summed E-state index contributed by atoms with van der Waals surface area (Å²) in [6, 6.07) is 8.38. The second-order valence-corrected chi connectivity index (χ2v) is 7.94. The number of rotatable bonds is 6. The molecule has 3 aromatic rings. The molecular weight excluding hydrogens is 382 g/mol. The predicted octanol–water partition coefficient (Wildman–Crippen LogP) is 3.64. The molecule has 0 bridgehead atoms. The van der Waals surface area contributed by atoms with Crippen LogP contribution in [0, 0.1) is 12.8 Å². The maximum absolute atomic E-state index is 12.6. The maximum Gasteiger partial charge on any atom is 0.338 e. The van der Waals surface area contributed by atoms with Gasteiger partial charge in [0.25, 0.3) is 11.8 Å². The minimum absolute atomic E-state index is 0.0183. The van der Waals surface area contributed by atoms with Gasteiger partial charge in [-0.15, -0.1) is 0 Å². The third kappa shape index (κ3) is 3.58. The van der Waals surface area contributed by atoms with Gasteiger partial charge < -0.3 is 9.14 Å². The van der Waals surface area contributed by atoms with Gasteiger partial charge in [0.1, 0.15) is 12.3 Å². The van der Waals surface area contributed by atoms with E-state index < -0.39 is 5.97 Å². The van der Waals surface area contributed by atoms with E-state index in [4.69, 9.17) is 4.74 Å². The largest absolute Gasteiger partial charge is 0.456 e. The Morgan fingerprint density at radius 2 is 1.90 bits per heavy atom. The van der Waals surface area contributed by atoms with Crippen LogP contribution < -0.4 is 0 Å². The van der Waals surface area contributed by atoms with Crippen LogP contribution >= 0.6 is 0 Å². The number of hydrogen-bond acceptors (Lipinski definition) is 5. The van der Waals surface area contributed by atoms with E-state index in [9.17, 15) is 14.4 Å². The minimum Gasteiger partial charge on any atom is -0.456 e. The molecule has 4 rings (SSSR count). The Morgan fingerprint density at radius 3 is 2.63 bits per heavy atom. The Kier molecular flexibility index (Phi) is 5.11. The van der Waals surface area contributed by atoms with Gasteiger partial charge in [0.05, 0.1) is 22.4 Å². The second kappa shape index (κ2) is 7.74. The van der Waals surface area contributed by atoms with E-state index in [2.05, 4.69) is 4.98 Å². The summed E-state index contributed by atoms with van der Waals surface area (Å²) in [6.07, 6.45) is 4.43. The van der Waals surface area contributed by atoms with Crippen LogP contribution in [0.25, 0.3) is 5.65 Å². The molecule has 30 heavy (non-hydrogen) atoms. The molecule has 1 aliphatic rings. The molecular formula is C23H23N3O4. The SMILES string of the molecule is Cc1cccn2cc(COC(=O)c3ccc4c(c3)C(=O)N(CCC(C)C)C4=O)nc12. The highest BCUT2D eigenvalue weighted by Gasteiger charge is 2.35. The molecule has 2 aromatic heterocycles. The lowest BCUT2D eigenvalue weighted by atomic mass is 10.1. The van der Waals surface area contributed by atoms with Crippen LogP contribution in [0.1, 0.15) is 62.6 Å². The van der Waals surface area contributed by atoms with E-state index in [1.165, 1.54) is 23.1 Å². The summed E-state index contributed by atoms with van der Waals surface area (Å²) in [5, 5.41) is 0. The number of imide groups is 1. The number of carbonyl (C=O) groups is 3. The molecule has 7 heteroatoms. The van der Waals surface area contributed by atoms with Crippen molar-refractivity contribution in [3.8, 4) is 0 Å². The number of esters is 1. The zero-order chi connectivity index (χ0) is 21.4. The van der Waals surface area contributed by atoms with Crippen LogP contribution in [-0.4, -0.2) is 38.6 Å². The molecule has 0 spiro atoms. The molecule has 0 N–H and O–H groups in total. The number of fused-ring (bicyclic) bond motifs is 2. The van der Waals surface area contributed by atoms with Gasteiger partial charge in [0, 0.05) is 18.9 Å². The molecule has 0 radical (unpaired) electrons. The highest BCUT2D eigenvalue weighted by Crippen LogP contribution is 2.25. The van der Waals surface area contributed by atoms with E-state index >= 15 is 0 Å². The van der Waals surface area contributed by atoms with Gasteiger partial charge in [0.2, 0.25) is 0 Å². The summed E-state index contributed by atoms with van der Waals surface area (Å²) >= 11 is 0. The highest BCUT2D eigenvalue weighted by atomic mass is 16.5. The average molecular weight is 405 g/mol. The fourth-order valence-corrected chi connectivity index (χ4v) is 3.50. The van der Waals surface area contributed by atoms with Crippen molar-refractivity contribution in [3.63, 3.8) is 0 Å². The third-order valence-corrected chi connectivity index (χ3v) is 5.22. The molecule has 0 saturated carbocycles. The van der Waals surface area contributed by atoms with Gasteiger partial charge in [-0.2, -0.15) is 0 Å². The number of amides is 2. The van der Waals surface area contributed by atoms with Crippen molar-refractivity contribution >= 4 is 23.4 Å². The van der Waals surface area contributed by atoms with Crippen molar-refractivity contribution in [2.45, 2.75) is 33.8 Å². The van der Waals surface area contributed by atoms with Crippen LogP contribution in [0.3, 0.4) is 0 Å². The Hall–Kier alpha value is -3.48. The van der Waals surface area contributed by atoms with Crippen molar-refractivity contribution in [2.75, 3.05) is 6.54 Å². The monoisotopic (exact) mass is 405 g/mol. The molecule has 0 saturated heterocycles. The summed E-state index contributed by atoms with van der Waals surface area (Å²) < 4.78 is 7.27. The fraction of sp³-hybridized carbons (Fsp3) is 0.304. The number of hydrogen-bond donors (Lipinski definition) is 0. The molecule has 154 valence electrons. The van der Waals surface area contributed by atoms with E-state index in [0.717, 1.165) is 17.6 Å². The minimum atomic E-state index is -0.563. The van der Waals surface area contributed by atoms with E-state index in [1.807, 2.05) is 49.7 Å². The Bertz CT molecular complexity index is 1160. The lowest BCUT2D eigenvalue weighted by molar-refractivity contribution is 0.0468. The summed E-state index contributed by atoms with van der Waals surface area (Å²) in [7, 11) is 0. The van der Waals surface area contributed by atoms with Gasteiger partial charge in [-0.3, -0.25) is 14.5 Å². The average Bonchev–Trinajstić information content (AvgIpc) is 3.25. The first kappa shape index (κ1) is 19.8. The first-order valence-corrected chi connectivity index (χ1v) is 9.95. The summed E-state index contributed by atoms with van der Waals surface area (Å²) in [5.41, 5.74) is 3.29. The van der Waals surface area contributed by atoms with Crippen molar-refractivity contribution in [1.82, 2.24) is 14.3 Å². The van der Waals surface area contributed by atoms with Gasteiger partial charge in [-0.1, -0.05) is 19.9 Å². The van der Waals surface area contributed by atoms with E-state index in [1.54, 1.807) is 0 Å². The van der Waals surface area contributed by atoms with Crippen molar-refractivity contribution in [1.29, 1.82) is 0 Å². The zero-order valence-corrected chi connectivity index (χ0v) is 17.2. The van der Waals surface area contributed by atoms with Crippen LogP contribution in [0.4, 0.5) is 0 Å². The van der Waals surface area contributed by atoms with Gasteiger partial charge in [0.15, 0.2) is 0 Å². The summed E-state index contributed by atoms with van der Waals surface area (Å²) in [6.45, 7) is 6.43. The number of nitrogens with zero attached hydrogens (tertiary/aromatic N) is 3. The quantitative estimate of drug-likeness (QED) is 0.462. The number of carbonyl (C=O) groups excluding carboxylic acids is 3. The number of benzene rings is 1.